The lowest BCUT2D eigenvalue weighted by Crippen LogP contribution is -2.55. The Hall–Kier alpha value is -3.70. The van der Waals surface area contributed by atoms with Gasteiger partial charge in [-0.25, -0.2) is 14.8 Å². The van der Waals surface area contributed by atoms with Crippen LogP contribution < -0.4 is 19.9 Å². The molecule has 2 aromatic carbocycles. The van der Waals surface area contributed by atoms with E-state index in [0.717, 1.165) is 35.8 Å². The predicted molar refractivity (Wildman–Crippen MR) is 168 cm³/mol. The minimum atomic E-state index is -0.118. The third-order valence-corrected chi connectivity index (χ3v) is 8.56. The minimum absolute atomic E-state index is 0.0356. The molecule has 2 fully saturated rings. The molecule has 3 aromatic rings. The summed E-state index contributed by atoms with van der Waals surface area (Å²) in [5.74, 6) is 1.82. The van der Waals surface area contributed by atoms with Crippen LogP contribution in [0.3, 0.4) is 0 Å². The summed E-state index contributed by atoms with van der Waals surface area (Å²) in [6, 6.07) is 17.3. The first-order valence-corrected chi connectivity index (χ1v) is 15.4. The lowest BCUT2D eigenvalue weighted by atomic mass is 10.2. The molecule has 3 amide bonds. The van der Waals surface area contributed by atoms with E-state index >= 15 is 0 Å². The summed E-state index contributed by atoms with van der Waals surface area (Å²) >= 11 is 7.67. The fourth-order valence-electron chi connectivity index (χ4n) is 5.22. The van der Waals surface area contributed by atoms with E-state index in [1.165, 1.54) is 11.8 Å². The van der Waals surface area contributed by atoms with Gasteiger partial charge in [0, 0.05) is 69.3 Å². The van der Waals surface area contributed by atoms with Crippen molar-refractivity contribution in [2.24, 2.45) is 0 Å². The molecule has 2 aliphatic heterocycles. The molecule has 1 N–H and O–H groups in total. The number of carbonyl (C=O) groups is 2. The quantitative estimate of drug-likeness (QED) is 0.235. The number of aryl methyl sites for hydroxylation is 1. The summed E-state index contributed by atoms with van der Waals surface area (Å²) < 4.78 is 5.24. The molecule has 0 aliphatic carbocycles. The first-order chi connectivity index (χ1) is 20.3. The van der Waals surface area contributed by atoms with Crippen LogP contribution in [0, 0.1) is 6.92 Å². The van der Waals surface area contributed by atoms with E-state index in [1.807, 2.05) is 72.2 Å². The third-order valence-electron chi connectivity index (χ3n) is 7.54. The zero-order valence-electron chi connectivity index (χ0n) is 24.1. The maximum atomic E-state index is 13.0. The summed E-state index contributed by atoms with van der Waals surface area (Å²) in [4.78, 5) is 43.1. The molecule has 0 saturated carbocycles. The number of nitrogens with one attached hydrogen (secondary N) is 1. The summed E-state index contributed by atoms with van der Waals surface area (Å²) in [7, 11) is 1.66. The van der Waals surface area contributed by atoms with Crippen LogP contribution >= 0.6 is 23.4 Å². The number of methoxy groups -OCH3 is 1. The molecule has 1 aromatic heterocycles. The number of amides is 3. The molecule has 0 bridgehead atoms. The van der Waals surface area contributed by atoms with Gasteiger partial charge < -0.3 is 29.7 Å². The Morgan fingerprint density at radius 1 is 1.00 bits per heavy atom. The molecule has 2 aliphatic rings. The number of carbonyl (C=O) groups excluding carboxylic acids is 2. The Morgan fingerprint density at radius 2 is 1.74 bits per heavy atom. The van der Waals surface area contributed by atoms with Crippen LogP contribution in [-0.4, -0.2) is 96.4 Å². The largest absolute Gasteiger partial charge is 0.497 e. The van der Waals surface area contributed by atoms with Gasteiger partial charge in [0.15, 0.2) is 5.16 Å². The van der Waals surface area contributed by atoms with Crippen molar-refractivity contribution in [3.8, 4) is 5.75 Å². The van der Waals surface area contributed by atoms with Gasteiger partial charge in [-0.1, -0.05) is 35.5 Å². The van der Waals surface area contributed by atoms with Crippen molar-refractivity contribution in [3.05, 3.63) is 65.3 Å². The molecule has 5 rings (SSSR count). The summed E-state index contributed by atoms with van der Waals surface area (Å²) in [5.41, 5.74) is 3.00. The van der Waals surface area contributed by atoms with E-state index in [4.69, 9.17) is 21.3 Å². The summed E-state index contributed by atoms with van der Waals surface area (Å²) in [6.07, 6.45) is 0. The van der Waals surface area contributed by atoms with Crippen molar-refractivity contribution in [1.29, 1.82) is 0 Å². The van der Waals surface area contributed by atoms with Crippen molar-refractivity contribution in [3.63, 3.8) is 0 Å². The number of hydrogen-bond donors (Lipinski definition) is 1. The standard InChI is InChI=1S/C30H36ClN7O3S/c1-21-5-4-6-23(17-21)32-30(40)38-16-15-37(19-22(38)2)27-18-26(31)33-29(34-27)42-20-28(39)36-13-11-35(12-14-36)24-7-9-25(41-3)10-8-24/h4-10,17-18,22H,11-16,19-20H2,1-3H3,(H,32,40). The zero-order valence-corrected chi connectivity index (χ0v) is 25.7. The molecule has 3 heterocycles. The van der Waals surface area contributed by atoms with Crippen LogP contribution in [0.2, 0.25) is 5.15 Å². The topological polar surface area (TPSA) is 94.1 Å². The van der Waals surface area contributed by atoms with E-state index in [2.05, 4.69) is 20.1 Å². The molecule has 12 heteroatoms. The van der Waals surface area contributed by atoms with Crippen molar-refractivity contribution in [2.75, 3.05) is 73.8 Å². The second kappa shape index (κ2) is 13.5. The zero-order chi connectivity index (χ0) is 29.6. The summed E-state index contributed by atoms with van der Waals surface area (Å²) in [5, 5.41) is 3.80. The van der Waals surface area contributed by atoms with Gasteiger partial charge in [0.1, 0.15) is 16.7 Å². The number of thioether (sulfide) groups is 1. The lowest BCUT2D eigenvalue weighted by molar-refractivity contribution is -0.128. The van der Waals surface area contributed by atoms with Crippen LogP contribution in [0.4, 0.5) is 22.0 Å². The maximum Gasteiger partial charge on any atom is 0.322 e. The number of nitrogens with zero attached hydrogens (tertiary/aromatic N) is 6. The Morgan fingerprint density at radius 3 is 2.43 bits per heavy atom. The molecule has 0 radical (unpaired) electrons. The van der Waals surface area contributed by atoms with Crippen molar-refractivity contribution in [2.45, 2.75) is 25.0 Å². The molecule has 2 saturated heterocycles. The number of hydrogen-bond acceptors (Lipinski definition) is 8. The number of benzene rings is 2. The molecule has 42 heavy (non-hydrogen) atoms. The molecule has 0 spiro atoms. The van der Waals surface area contributed by atoms with Gasteiger partial charge in [-0.15, -0.1) is 0 Å². The SMILES string of the molecule is COc1ccc(N2CCN(C(=O)CSc3nc(Cl)cc(N4CCN(C(=O)Nc5cccc(C)c5)C(C)C4)n3)CC2)cc1. The molecule has 10 nitrogen and oxygen atoms in total. The van der Waals surface area contributed by atoms with Crippen LogP contribution in [0.25, 0.3) is 0 Å². The normalized spacial score (nSPS) is 17.3. The Kier molecular flexibility index (Phi) is 9.58. The maximum absolute atomic E-state index is 13.0. The Bertz CT molecular complexity index is 1400. The Labute approximate surface area is 256 Å². The van der Waals surface area contributed by atoms with E-state index in [1.54, 1.807) is 13.2 Å². The van der Waals surface area contributed by atoms with Gasteiger partial charge in [-0.3, -0.25) is 4.79 Å². The number of urea groups is 1. The Balaban J connectivity index is 1.12. The van der Waals surface area contributed by atoms with Crippen LogP contribution in [0.1, 0.15) is 12.5 Å². The van der Waals surface area contributed by atoms with Gasteiger partial charge in [0.2, 0.25) is 5.91 Å². The lowest BCUT2D eigenvalue weighted by Gasteiger charge is -2.40. The van der Waals surface area contributed by atoms with Gasteiger partial charge in [-0.05, 0) is 55.8 Å². The van der Waals surface area contributed by atoms with Crippen LogP contribution in [-0.2, 0) is 4.79 Å². The minimum Gasteiger partial charge on any atom is -0.497 e. The highest BCUT2D eigenvalue weighted by molar-refractivity contribution is 7.99. The van der Waals surface area contributed by atoms with E-state index in [0.29, 0.717) is 48.9 Å². The van der Waals surface area contributed by atoms with E-state index in [9.17, 15) is 9.59 Å². The van der Waals surface area contributed by atoms with Gasteiger partial charge in [0.25, 0.3) is 0 Å². The second-order valence-electron chi connectivity index (χ2n) is 10.5. The molecule has 1 atom stereocenters. The molecular weight excluding hydrogens is 574 g/mol. The first kappa shape index (κ1) is 29.8. The van der Waals surface area contributed by atoms with Crippen molar-refractivity contribution in [1.82, 2.24) is 19.8 Å². The van der Waals surface area contributed by atoms with Crippen LogP contribution in [0.5, 0.6) is 5.75 Å². The third kappa shape index (κ3) is 7.38. The van der Waals surface area contributed by atoms with Crippen LogP contribution in [0.15, 0.2) is 59.8 Å². The number of ether oxygens (including phenoxy) is 1. The first-order valence-electron chi connectivity index (χ1n) is 14.0. The smallest absolute Gasteiger partial charge is 0.322 e. The molecule has 1 unspecified atom stereocenters. The number of halogens is 1. The average molecular weight is 610 g/mol. The van der Waals surface area contributed by atoms with Crippen molar-refractivity contribution < 1.29 is 14.3 Å². The molecule has 222 valence electrons. The van der Waals surface area contributed by atoms with E-state index < -0.39 is 0 Å². The number of piperazine rings is 2. The van der Waals surface area contributed by atoms with Crippen molar-refractivity contribution >= 4 is 52.5 Å². The predicted octanol–water partition coefficient (Wildman–Crippen LogP) is 4.63. The number of rotatable bonds is 7. The average Bonchev–Trinajstić information content (AvgIpc) is 2.99. The van der Waals surface area contributed by atoms with E-state index in [-0.39, 0.29) is 23.7 Å². The number of aromatic nitrogens is 2. The van der Waals surface area contributed by atoms with Gasteiger partial charge in [0.05, 0.1) is 12.9 Å². The monoisotopic (exact) mass is 609 g/mol. The highest BCUT2D eigenvalue weighted by atomic mass is 35.5. The highest BCUT2D eigenvalue weighted by Gasteiger charge is 2.29. The fourth-order valence-corrected chi connectivity index (χ4v) is 6.21. The fraction of sp³-hybridized carbons (Fsp3) is 0.400. The van der Waals surface area contributed by atoms with Gasteiger partial charge >= 0.3 is 6.03 Å². The number of anilines is 3. The highest BCUT2D eigenvalue weighted by Crippen LogP contribution is 2.26. The van der Waals surface area contributed by atoms with Gasteiger partial charge in [-0.2, -0.15) is 0 Å². The molecular formula is C30H36ClN7O3S. The summed E-state index contributed by atoms with van der Waals surface area (Å²) in [6.45, 7) is 8.65. The second-order valence-corrected chi connectivity index (χ2v) is 11.8.